The van der Waals surface area contributed by atoms with Gasteiger partial charge in [0, 0.05) is 0 Å². The highest BCUT2D eigenvalue weighted by Gasteiger charge is 2.48. The highest BCUT2D eigenvalue weighted by atomic mass is 16.7. The summed E-state index contributed by atoms with van der Waals surface area (Å²) < 4.78 is 0. The van der Waals surface area contributed by atoms with Crippen LogP contribution in [-0.4, -0.2) is 22.8 Å². The van der Waals surface area contributed by atoms with Gasteiger partial charge in [0.15, 0.2) is 0 Å². The monoisotopic (exact) mass is 377 g/mol. The van der Waals surface area contributed by atoms with Crippen LogP contribution in [0.1, 0.15) is 77.3 Å². The summed E-state index contributed by atoms with van der Waals surface area (Å²) in [5, 5.41) is 0.621. The lowest BCUT2D eigenvalue weighted by Gasteiger charge is -2.28. The molecule has 0 spiro atoms. The van der Waals surface area contributed by atoms with Crippen molar-refractivity contribution in [1.82, 2.24) is 5.06 Å². The summed E-state index contributed by atoms with van der Waals surface area (Å²) in [6, 6.07) is 14.5. The SMILES string of the molecule is CC(C)c1ccc(C2(C(=O)ON3C(=O)c4ccccc4C3=O)CCCC2)cc1. The second-order valence-electron chi connectivity index (χ2n) is 7.89. The average Bonchev–Trinajstić information content (AvgIpc) is 3.29. The summed E-state index contributed by atoms with van der Waals surface area (Å²) in [4.78, 5) is 43.7. The minimum absolute atomic E-state index is 0.266. The number of hydrogen-bond donors (Lipinski definition) is 0. The number of benzene rings is 2. The Hall–Kier alpha value is -2.95. The highest BCUT2D eigenvalue weighted by molar-refractivity contribution is 6.21. The van der Waals surface area contributed by atoms with Crippen molar-refractivity contribution in [2.24, 2.45) is 0 Å². The van der Waals surface area contributed by atoms with Crippen molar-refractivity contribution in [2.75, 3.05) is 0 Å². The molecule has 1 aliphatic carbocycles. The van der Waals surface area contributed by atoms with E-state index >= 15 is 0 Å². The number of imide groups is 1. The summed E-state index contributed by atoms with van der Waals surface area (Å²) >= 11 is 0. The molecule has 1 saturated carbocycles. The van der Waals surface area contributed by atoms with Crippen LogP contribution < -0.4 is 0 Å². The van der Waals surface area contributed by atoms with Crippen LogP contribution in [0.4, 0.5) is 0 Å². The van der Waals surface area contributed by atoms with Crippen LogP contribution in [0.3, 0.4) is 0 Å². The molecule has 0 aromatic heterocycles. The number of hydrogen-bond acceptors (Lipinski definition) is 4. The Kier molecular flexibility index (Phi) is 4.53. The first kappa shape index (κ1) is 18.4. The van der Waals surface area contributed by atoms with E-state index in [1.807, 2.05) is 24.3 Å². The summed E-state index contributed by atoms with van der Waals surface area (Å²) in [5.74, 6) is -1.30. The Balaban J connectivity index is 1.62. The molecular formula is C23H23NO4. The van der Waals surface area contributed by atoms with Gasteiger partial charge in [0.2, 0.25) is 0 Å². The molecule has 1 heterocycles. The zero-order valence-electron chi connectivity index (χ0n) is 16.1. The molecule has 0 radical (unpaired) electrons. The van der Waals surface area contributed by atoms with Gasteiger partial charge in [0.1, 0.15) is 0 Å². The molecule has 1 fully saturated rings. The minimum Gasteiger partial charge on any atom is -0.329 e. The van der Waals surface area contributed by atoms with Gasteiger partial charge in [-0.05, 0) is 42.0 Å². The lowest BCUT2D eigenvalue weighted by Crippen LogP contribution is -2.42. The van der Waals surface area contributed by atoms with E-state index in [1.54, 1.807) is 24.3 Å². The van der Waals surface area contributed by atoms with E-state index < -0.39 is 23.2 Å². The third-order valence-electron chi connectivity index (χ3n) is 5.91. The number of nitrogens with zero attached hydrogens (tertiary/aromatic N) is 1. The maximum Gasteiger partial charge on any atom is 0.343 e. The maximum absolute atomic E-state index is 13.2. The van der Waals surface area contributed by atoms with Gasteiger partial charge in [-0.2, -0.15) is 0 Å². The van der Waals surface area contributed by atoms with Crippen molar-refractivity contribution >= 4 is 17.8 Å². The van der Waals surface area contributed by atoms with E-state index in [0.717, 1.165) is 18.4 Å². The molecule has 5 heteroatoms. The first-order chi connectivity index (χ1) is 13.4. The molecule has 2 aromatic carbocycles. The molecule has 2 amide bonds. The average molecular weight is 377 g/mol. The third-order valence-corrected chi connectivity index (χ3v) is 5.91. The zero-order valence-corrected chi connectivity index (χ0v) is 16.1. The Bertz CT molecular complexity index is 904. The Morgan fingerprint density at radius 2 is 1.46 bits per heavy atom. The van der Waals surface area contributed by atoms with Crippen LogP contribution in [0.25, 0.3) is 0 Å². The molecule has 144 valence electrons. The molecule has 0 N–H and O–H groups in total. The standard InChI is InChI=1S/C23H23NO4/c1-15(2)16-9-11-17(12-10-16)23(13-5-6-14-23)22(27)28-24-20(25)18-7-3-4-8-19(18)21(24)26/h3-4,7-12,15H,5-6,13-14H2,1-2H3. The number of carbonyl (C=O) groups excluding carboxylic acids is 3. The molecule has 0 atom stereocenters. The zero-order chi connectivity index (χ0) is 19.9. The van der Waals surface area contributed by atoms with Gasteiger partial charge < -0.3 is 4.84 Å². The third kappa shape index (κ3) is 2.82. The largest absolute Gasteiger partial charge is 0.343 e. The van der Waals surface area contributed by atoms with Gasteiger partial charge in [0.25, 0.3) is 11.8 Å². The van der Waals surface area contributed by atoms with Crippen molar-refractivity contribution in [3.05, 3.63) is 70.8 Å². The van der Waals surface area contributed by atoms with Gasteiger partial charge in [-0.15, -0.1) is 0 Å². The van der Waals surface area contributed by atoms with E-state index in [4.69, 9.17) is 4.84 Å². The molecule has 0 unspecified atom stereocenters. The molecule has 0 saturated heterocycles. The molecule has 4 rings (SSSR count). The molecule has 5 nitrogen and oxygen atoms in total. The van der Waals surface area contributed by atoms with Gasteiger partial charge in [-0.1, -0.05) is 68.2 Å². The van der Waals surface area contributed by atoms with Gasteiger partial charge >= 0.3 is 5.97 Å². The molecule has 0 bridgehead atoms. The molecular weight excluding hydrogens is 354 g/mol. The van der Waals surface area contributed by atoms with Crippen LogP contribution in [-0.2, 0) is 15.0 Å². The molecule has 2 aliphatic rings. The van der Waals surface area contributed by atoms with E-state index in [2.05, 4.69) is 13.8 Å². The van der Waals surface area contributed by atoms with Crippen LogP contribution >= 0.6 is 0 Å². The summed E-state index contributed by atoms with van der Waals surface area (Å²) in [6.07, 6.45) is 3.11. The van der Waals surface area contributed by atoms with Crippen molar-refractivity contribution in [3.63, 3.8) is 0 Å². The Morgan fingerprint density at radius 3 is 1.96 bits per heavy atom. The van der Waals surface area contributed by atoms with Crippen molar-refractivity contribution in [1.29, 1.82) is 0 Å². The first-order valence-electron chi connectivity index (χ1n) is 9.75. The van der Waals surface area contributed by atoms with Crippen molar-refractivity contribution < 1.29 is 19.2 Å². The maximum atomic E-state index is 13.2. The number of fused-ring (bicyclic) bond motifs is 1. The summed E-state index contributed by atoms with van der Waals surface area (Å²) in [6.45, 7) is 4.24. The van der Waals surface area contributed by atoms with Crippen LogP contribution in [0.2, 0.25) is 0 Å². The lowest BCUT2D eigenvalue weighted by molar-refractivity contribution is -0.175. The fourth-order valence-electron chi connectivity index (χ4n) is 4.20. The number of hydroxylamine groups is 2. The minimum atomic E-state index is -0.815. The topological polar surface area (TPSA) is 63.7 Å². The van der Waals surface area contributed by atoms with Crippen molar-refractivity contribution in [2.45, 2.75) is 50.9 Å². The van der Waals surface area contributed by atoms with E-state index in [9.17, 15) is 14.4 Å². The second kappa shape index (κ2) is 6.89. The van der Waals surface area contributed by atoms with Crippen LogP contribution in [0, 0.1) is 0 Å². The highest BCUT2D eigenvalue weighted by Crippen LogP contribution is 2.43. The Labute approximate surface area is 164 Å². The predicted octanol–water partition coefficient (Wildman–Crippen LogP) is 4.38. The van der Waals surface area contributed by atoms with E-state index in [-0.39, 0.29) is 11.1 Å². The lowest BCUT2D eigenvalue weighted by atomic mass is 9.78. The summed E-state index contributed by atoms with van der Waals surface area (Å²) in [7, 11) is 0. The second-order valence-corrected chi connectivity index (χ2v) is 7.89. The van der Waals surface area contributed by atoms with E-state index in [0.29, 0.717) is 23.8 Å². The quantitative estimate of drug-likeness (QED) is 0.742. The Morgan fingerprint density at radius 1 is 0.929 bits per heavy atom. The smallest absolute Gasteiger partial charge is 0.329 e. The number of carbonyl (C=O) groups is 3. The molecule has 1 aliphatic heterocycles. The molecule has 28 heavy (non-hydrogen) atoms. The van der Waals surface area contributed by atoms with Crippen LogP contribution in [0.5, 0.6) is 0 Å². The van der Waals surface area contributed by atoms with E-state index in [1.165, 1.54) is 5.56 Å². The first-order valence-corrected chi connectivity index (χ1v) is 9.75. The van der Waals surface area contributed by atoms with Gasteiger partial charge in [-0.25, -0.2) is 4.79 Å². The fourth-order valence-corrected chi connectivity index (χ4v) is 4.20. The molecule has 2 aromatic rings. The van der Waals surface area contributed by atoms with Gasteiger partial charge in [-0.3, -0.25) is 9.59 Å². The number of rotatable bonds is 4. The van der Waals surface area contributed by atoms with Crippen molar-refractivity contribution in [3.8, 4) is 0 Å². The normalized spacial score (nSPS) is 17.9. The fraction of sp³-hybridized carbons (Fsp3) is 0.348. The number of amides is 2. The summed E-state index contributed by atoms with van der Waals surface area (Å²) in [5.41, 5.74) is 1.80. The van der Waals surface area contributed by atoms with Gasteiger partial charge in [0.05, 0.1) is 16.5 Å². The van der Waals surface area contributed by atoms with Crippen LogP contribution in [0.15, 0.2) is 48.5 Å². The predicted molar refractivity (Wildman–Crippen MR) is 104 cm³/mol.